The Hall–Kier alpha value is -1.24. The van der Waals surface area contributed by atoms with E-state index in [1.54, 1.807) is 18.4 Å². The highest BCUT2D eigenvalue weighted by Gasteiger charge is 2.12. The highest BCUT2D eigenvalue weighted by atomic mass is 32.1. The Bertz CT molecular complexity index is 426. The molecule has 0 aromatic carbocycles. The number of rotatable bonds is 5. The summed E-state index contributed by atoms with van der Waals surface area (Å²) in [5.41, 5.74) is 5.94. The van der Waals surface area contributed by atoms with Crippen molar-refractivity contribution in [3.05, 3.63) is 23.3 Å². The molecular weight excluding hydrogens is 224 g/mol. The molecule has 16 heavy (non-hydrogen) atoms. The first-order chi connectivity index (χ1) is 7.81. The van der Waals surface area contributed by atoms with E-state index >= 15 is 0 Å². The third-order valence-electron chi connectivity index (χ3n) is 2.23. The maximum absolute atomic E-state index is 5.94. The monoisotopic (exact) mass is 238 g/mol. The standard InChI is InChI=1S/C10H14N4OS/c1-15-5-4-7(11)9-12-10(14-13-9)8-3-2-6-16-8/h2-3,6-7H,4-5,11H2,1H3,(H,12,13,14). The van der Waals surface area contributed by atoms with Crippen molar-refractivity contribution in [2.24, 2.45) is 5.73 Å². The Balaban J connectivity index is 2.07. The number of nitrogens with two attached hydrogens (primary N) is 1. The van der Waals surface area contributed by atoms with Gasteiger partial charge in [0.05, 0.1) is 10.9 Å². The van der Waals surface area contributed by atoms with Gasteiger partial charge < -0.3 is 10.5 Å². The van der Waals surface area contributed by atoms with Crippen LogP contribution in [0.5, 0.6) is 0 Å². The summed E-state index contributed by atoms with van der Waals surface area (Å²) in [5, 5.41) is 9.01. The van der Waals surface area contributed by atoms with Crippen LogP contribution in [-0.4, -0.2) is 28.9 Å². The van der Waals surface area contributed by atoms with Gasteiger partial charge >= 0.3 is 0 Å². The third-order valence-corrected chi connectivity index (χ3v) is 3.09. The molecule has 5 nitrogen and oxygen atoms in total. The fraction of sp³-hybridized carbons (Fsp3) is 0.400. The van der Waals surface area contributed by atoms with Crippen LogP contribution in [0.25, 0.3) is 10.7 Å². The quantitative estimate of drug-likeness (QED) is 0.829. The van der Waals surface area contributed by atoms with Crippen LogP contribution < -0.4 is 5.73 Å². The van der Waals surface area contributed by atoms with Crippen molar-refractivity contribution in [3.8, 4) is 10.7 Å². The van der Waals surface area contributed by atoms with E-state index in [9.17, 15) is 0 Å². The van der Waals surface area contributed by atoms with E-state index in [0.29, 0.717) is 18.3 Å². The van der Waals surface area contributed by atoms with E-state index in [-0.39, 0.29) is 6.04 Å². The van der Waals surface area contributed by atoms with Gasteiger partial charge in [0, 0.05) is 13.7 Å². The molecule has 2 heterocycles. The number of hydrogen-bond acceptors (Lipinski definition) is 5. The van der Waals surface area contributed by atoms with Gasteiger partial charge in [-0.25, -0.2) is 4.98 Å². The maximum atomic E-state index is 5.94. The van der Waals surface area contributed by atoms with Crippen molar-refractivity contribution in [1.29, 1.82) is 0 Å². The molecule has 0 spiro atoms. The molecule has 1 atom stereocenters. The minimum Gasteiger partial charge on any atom is -0.385 e. The predicted octanol–water partition coefficient (Wildman–Crippen LogP) is 1.57. The molecule has 86 valence electrons. The normalized spacial score (nSPS) is 12.9. The lowest BCUT2D eigenvalue weighted by Crippen LogP contribution is -2.14. The van der Waals surface area contributed by atoms with Gasteiger partial charge in [0.15, 0.2) is 5.82 Å². The number of thiophene rings is 1. The molecule has 2 rings (SSSR count). The van der Waals surface area contributed by atoms with Crippen LogP contribution in [0.2, 0.25) is 0 Å². The van der Waals surface area contributed by atoms with Crippen molar-refractivity contribution >= 4 is 11.3 Å². The molecule has 0 bridgehead atoms. The van der Waals surface area contributed by atoms with Gasteiger partial charge in [-0.05, 0) is 17.9 Å². The molecule has 0 aliphatic heterocycles. The van der Waals surface area contributed by atoms with Crippen molar-refractivity contribution in [2.45, 2.75) is 12.5 Å². The second kappa shape index (κ2) is 5.20. The van der Waals surface area contributed by atoms with Gasteiger partial charge in [0.2, 0.25) is 0 Å². The van der Waals surface area contributed by atoms with Crippen molar-refractivity contribution in [1.82, 2.24) is 15.2 Å². The largest absolute Gasteiger partial charge is 0.385 e. The van der Waals surface area contributed by atoms with Crippen LogP contribution in [0.4, 0.5) is 0 Å². The zero-order valence-corrected chi connectivity index (χ0v) is 9.83. The zero-order valence-electron chi connectivity index (χ0n) is 9.01. The third kappa shape index (κ3) is 2.46. The summed E-state index contributed by atoms with van der Waals surface area (Å²) in [6.45, 7) is 0.621. The summed E-state index contributed by atoms with van der Waals surface area (Å²) in [6.07, 6.45) is 0.732. The van der Waals surface area contributed by atoms with Gasteiger partial charge in [0.25, 0.3) is 0 Å². The van der Waals surface area contributed by atoms with Gasteiger partial charge in [-0.1, -0.05) is 6.07 Å². The Morgan fingerprint density at radius 1 is 1.62 bits per heavy atom. The van der Waals surface area contributed by atoms with E-state index in [2.05, 4.69) is 15.2 Å². The average Bonchev–Trinajstić information content (AvgIpc) is 2.94. The molecule has 0 fully saturated rings. The summed E-state index contributed by atoms with van der Waals surface area (Å²) in [4.78, 5) is 5.41. The molecule has 1 unspecified atom stereocenters. The van der Waals surface area contributed by atoms with Gasteiger partial charge in [-0.2, -0.15) is 5.10 Å². The second-order valence-corrected chi connectivity index (χ2v) is 4.36. The number of nitrogens with one attached hydrogen (secondary N) is 1. The van der Waals surface area contributed by atoms with Crippen molar-refractivity contribution in [2.75, 3.05) is 13.7 Å². The first-order valence-corrected chi connectivity index (χ1v) is 5.90. The minimum absolute atomic E-state index is 0.152. The molecule has 0 aliphatic carbocycles. The maximum Gasteiger partial charge on any atom is 0.191 e. The highest BCUT2D eigenvalue weighted by molar-refractivity contribution is 7.13. The molecular formula is C10H14N4OS. The fourth-order valence-corrected chi connectivity index (χ4v) is 2.00. The summed E-state index contributed by atoms with van der Waals surface area (Å²) < 4.78 is 4.97. The highest BCUT2D eigenvalue weighted by Crippen LogP contribution is 2.21. The summed E-state index contributed by atoms with van der Waals surface area (Å²) in [6, 6.07) is 3.81. The van der Waals surface area contributed by atoms with Gasteiger partial charge in [0.1, 0.15) is 5.82 Å². The van der Waals surface area contributed by atoms with Gasteiger partial charge in [-0.3, -0.25) is 5.10 Å². The average molecular weight is 238 g/mol. The fourth-order valence-electron chi connectivity index (χ4n) is 1.34. The number of nitrogens with zero attached hydrogens (tertiary/aromatic N) is 2. The molecule has 0 amide bonds. The van der Waals surface area contributed by atoms with E-state index < -0.39 is 0 Å². The van der Waals surface area contributed by atoms with Crippen LogP contribution >= 0.6 is 11.3 Å². The lowest BCUT2D eigenvalue weighted by molar-refractivity contribution is 0.187. The van der Waals surface area contributed by atoms with Crippen molar-refractivity contribution in [3.63, 3.8) is 0 Å². The number of methoxy groups -OCH3 is 1. The zero-order chi connectivity index (χ0) is 11.4. The molecule has 3 N–H and O–H groups in total. The number of ether oxygens (including phenoxy) is 1. The molecule has 0 aliphatic rings. The van der Waals surface area contributed by atoms with E-state index in [1.165, 1.54) is 0 Å². The Morgan fingerprint density at radius 3 is 3.19 bits per heavy atom. The molecule has 0 saturated heterocycles. The van der Waals surface area contributed by atoms with Crippen LogP contribution in [0, 0.1) is 0 Å². The van der Waals surface area contributed by atoms with Gasteiger partial charge in [-0.15, -0.1) is 11.3 Å². The van der Waals surface area contributed by atoms with Crippen LogP contribution in [0.3, 0.4) is 0 Å². The van der Waals surface area contributed by atoms with E-state index in [0.717, 1.165) is 11.3 Å². The Labute approximate surface area is 97.7 Å². The number of H-pyrrole nitrogens is 1. The number of aromatic amines is 1. The molecule has 6 heteroatoms. The number of hydrogen-bond donors (Lipinski definition) is 2. The molecule has 2 aromatic heterocycles. The second-order valence-electron chi connectivity index (χ2n) is 3.41. The van der Waals surface area contributed by atoms with Crippen LogP contribution in [0.15, 0.2) is 17.5 Å². The van der Waals surface area contributed by atoms with E-state index in [1.807, 2.05) is 17.5 Å². The topological polar surface area (TPSA) is 76.8 Å². The first-order valence-electron chi connectivity index (χ1n) is 5.02. The SMILES string of the molecule is COCCC(N)c1nc(-c2cccs2)n[nH]1. The Morgan fingerprint density at radius 2 is 2.50 bits per heavy atom. The lowest BCUT2D eigenvalue weighted by Gasteiger charge is -2.05. The Kier molecular flexibility index (Phi) is 3.66. The van der Waals surface area contributed by atoms with Crippen LogP contribution in [-0.2, 0) is 4.74 Å². The molecule has 0 saturated carbocycles. The summed E-state index contributed by atoms with van der Waals surface area (Å²) in [7, 11) is 1.66. The predicted molar refractivity (Wildman–Crippen MR) is 63.1 cm³/mol. The molecule has 2 aromatic rings. The van der Waals surface area contributed by atoms with Crippen LogP contribution in [0.1, 0.15) is 18.3 Å². The van der Waals surface area contributed by atoms with E-state index in [4.69, 9.17) is 10.5 Å². The smallest absolute Gasteiger partial charge is 0.191 e. The first kappa shape index (κ1) is 11.3. The minimum atomic E-state index is -0.152. The summed E-state index contributed by atoms with van der Waals surface area (Å²) >= 11 is 1.61. The summed E-state index contributed by atoms with van der Waals surface area (Å²) in [5.74, 6) is 1.42. The van der Waals surface area contributed by atoms with Crippen molar-refractivity contribution < 1.29 is 4.74 Å². The lowest BCUT2D eigenvalue weighted by atomic mass is 10.2. The number of aromatic nitrogens is 3. The molecule has 0 radical (unpaired) electrons.